The van der Waals surface area contributed by atoms with Gasteiger partial charge in [0.1, 0.15) is 6.54 Å². The van der Waals surface area contributed by atoms with Crippen molar-refractivity contribution in [2.24, 2.45) is 0 Å². The molecule has 0 aliphatic carbocycles. The van der Waals surface area contributed by atoms with E-state index in [1.807, 2.05) is 22.9 Å². The van der Waals surface area contributed by atoms with Crippen molar-refractivity contribution >= 4 is 28.6 Å². The van der Waals surface area contributed by atoms with E-state index in [4.69, 9.17) is 4.74 Å². The Morgan fingerprint density at radius 2 is 1.64 bits per heavy atom. The highest BCUT2D eigenvalue weighted by Gasteiger charge is 2.30. The minimum absolute atomic E-state index is 0.0241. The fourth-order valence-electron chi connectivity index (χ4n) is 5.90. The molecule has 6 aromatic rings. The Hall–Kier alpha value is -5.27. The van der Waals surface area contributed by atoms with Crippen LogP contribution < -0.4 is 5.43 Å². The molecule has 0 saturated carbocycles. The number of rotatable bonds is 14. The molecule has 13 heteroatoms. The molecular weight excluding hydrogens is 712 g/mol. The number of para-hydroxylation sites is 1. The molecule has 0 bridgehead atoms. The van der Waals surface area contributed by atoms with Crippen molar-refractivity contribution < 1.29 is 31.5 Å². The molecule has 0 spiro atoms. The minimum atomic E-state index is -4.43. The summed E-state index contributed by atoms with van der Waals surface area (Å²) in [5.74, 6) is -2.18. The van der Waals surface area contributed by atoms with Gasteiger partial charge in [0.2, 0.25) is 5.91 Å². The number of imidazole rings is 1. The number of carbonyl (C=O) groups is 1. The van der Waals surface area contributed by atoms with Crippen molar-refractivity contribution in [3.05, 3.63) is 154 Å². The van der Waals surface area contributed by atoms with Gasteiger partial charge in [-0.25, -0.2) is 13.8 Å². The van der Waals surface area contributed by atoms with E-state index in [1.54, 1.807) is 59.3 Å². The van der Waals surface area contributed by atoms with Crippen LogP contribution in [0.4, 0.5) is 22.0 Å². The van der Waals surface area contributed by atoms with Gasteiger partial charge >= 0.3 is 6.18 Å². The molecule has 1 amide bonds. The molecule has 6 rings (SSSR count). The lowest BCUT2D eigenvalue weighted by molar-refractivity contribution is -0.137. The fourth-order valence-corrected chi connectivity index (χ4v) is 6.94. The van der Waals surface area contributed by atoms with Crippen LogP contribution in [0.1, 0.15) is 22.4 Å². The zero-order valence-corrected chi connectivity index (χ0v) is 29.5. The maximum atomic E-state index is 14.6. The standard InChI is InChI=1S/C40H35F5N4O3S/c1-52-20-19-47-23-32(46-26-47)17-18-48(22-27-9-11-28(12-10-27)29-13-15-31(16-14-29)40(43,44)45)37(51)24-49-35-8-3-2-6-33(35)36(50)21-38(49)53-25-30-5-4-7-34(41)39(30)42/h2-16,21,23,26H,17-20,22,24-25H2,1H3. The second-order valence-corrected chi connectivity index (χ2v) is 13.4. The van der Waals surface area contributed by atoms with E-state index in [2.05, 4.69) is 4.98 Å². The summed E-state index contributed by atoms with van der Waals surface area (Å²) in [7, 11) is 1.62. The number of hydrogen-bond acceptors (Lipinski definition) is 5. The van der Waals surface area contributed by atoms with Crippen molar-refractivity contribution in [3.8, 4) is 11.1 Å². The van der Waals surface area contributed by atoms with Crippen LogP contribution in [-0.2, 0) is 47.5 Å². The summed E-state index contributed by atoms with van der Waals surface area (Å²) < 4.78 is 76.6. The lowest BCUT2D eigenvalue weighted by Gasteiger charge is -2.25. The molecule has 0 atom stereocenters. The number of carbonyl (C=O) groups excluding carboxylic acids is 1. The second-order valence-electron chi connectivity index (χ2n) is 12.4. The molecule has 0 aliphatic rings. The van der Waals surface area contributed by atoms with Gasteiger partial charge in [-0.1, -0.05) is 60.7 Å². The third-order valence-corrected chi connectivity index (χ3v) is 9.87. The van der Waals surface area contributed by atoms with Crippen molar-refractivity contribution in [1.82, 2.24) is 19.0 Å². The highest BCUT2D eigenvalue weighted by Crippen LogP contribution is 2.31. The molecule has 0 fully saturated rings. The van der Waals surface area contributed by atoms with E-state index < -0.39 is 23.4 Å². The zero-order valence-electron chi connectivity index (χ0n) is 28.7. The summed E-state index contributed by atoms with van der Waals surface area (Å²) in [6.45, 7) is 1.50. The molecule has 2 heterocycles. The number of methoxy groups -OCH3 is 1. The monoisotopic (exact) mass is 746 g/mol. The highest BCUT2D eigenvalue weighted by atomic mass is 32.2. The van der Waals surface area contributed by atoms with Gasteiger partial charge in [0.15, 0.2) is 17.1 Å². The largest absolute Gasteiger partial charge is 0.416 e. The third-order valence-electron chi connectivity index (χ3n) is 8.79. The molecule has 0 radical (unpaired) electrons. The first-order valence-electron chi connectivity index (χ1n) is 16.7. The van der Waals surface area contributed by atoms with Crippen LogP contribution in [0, 0.1) is 11.6 Å². The normalized spacial score (nSPS) is 11.7. The van der Waals surface area contributed by atoms with E-state index in [0.29, 0.717) is 47.6 Å². The number of benzene rings is 4. The molecule has 2 aromatic heterocycles. The van der Waals surface area contributed by atoms with Crippen LogP contribution in [0.3, 0.4) is 0 Å². The quantitative estimate of drug-likeness (QED) is 0.0828. The van der Waals surface area contributed by atoms with E-state index in [-0.39, 0.29) is 35.7 Å². The van der Waals surface area contributed by atoms with Crippen LogP contribution in [-0.4, -0.2) is 45.2 Å². The number of aromatic nitrogens is 3. The smallest absolute Gasteiger partial charge is 0.383 e. The number of pyridine rings is 1. The van der Waals surface area contributed by atoms with Crippen molar-refractivity contribution in [2.75, 3.05) is 20.3 Å². The molecule has 0 unspecified atom stereocenters. The molecule has 274 valence electrons. The first-order chi connectivity index (χ1) is 25.5. The van der Waals surface area contributed by atoms with Gasteiger partial charge in [-0.3, -0.25) is 9.59 Å². The van der Waals surface area contributed by atoms with Crippen molar-refractivity contribution in [3.63, 3.8) is 0 Å². The van der Waals surface area contributed by atoms with Gasteiger partial charge < -0.3 is 18.8 Å². The topological polar surface area (TPSA) is 69.4 Å². The lowest BCUT2D eigenvalue weighted by atomic mass is 10.0. The van der Waals surface area contributed by atoms with E-state index in [1.165, 1.54) is 30.3 Å². The van der Waals surface area contributed by atoms with E-state index in [0.717, 1.165) is 46.8 Å². The number of nitrogens with zero attached hydrogens (tertiary/aromatic N) is 4. The fraction of sp³-hybridized carbons (Fsp3) is 0.225. The lowest BCUT2D eigenvalue weighted by Crippen LogP contribution is -2.35. The number of thioether (sulfide) groups is 1. The Labute approximate surface area is 306 Å². The van der Waals surface area contributed by atoms with Gasteiger partial charge in [0, 0.05) is 62.1 Å². The Balaban J connectivity index is 1.28. The van der Waals surface area contributed by atoms with Gasteiger partial charge in [0.25, 0.3) is 0 Å². The molecule has 53 heavy (non-hydrogen) atoms. The number of amides is 1. The second kappa shape index (κ2) is 16.6. The maximum absolute atomic E-state index is 14.6. The Morgan fingerprint density at radius 1 is 0.925 bits per heavy atom. The van der Waals surface area contributed by atoms with Crippen LogP contribution in [0.2, 0.25) is 0 Å². The van der Waals surface area contributed by atoms with Gasteiger partial charge in [-0.15, -0.1) is 11.8 Å². The molecule has 0 saturated heterocycles. The van der Waals surface area contributed by atoms with Crippen molar-refractivity contribution in [1.29, 1.82) is 0 Å². The minimum Gasteiger partial charge on any atom is -0.383 e. The predicted molar refractivity (Wildman–Crippen MR) is 194 cm³/mol. The van der Waals surface area contributed by atoms with E-state index in [9.17, 15) is 31.5 Å². The first-order valence-corrected chi connectivity index (χ1v) is 17.7. The summed E-state index contributed by atoms with van der Waals surface area (Å²) >= 11 is 1.13. The number of halogens is 5. The maximum Gasteiger partial charge on any atom is 0.416 e. The van der Waals surface area contributed by atoms with Crippen LogP contribution in [0.25, 0.3) is 22.0 Å². The summed E-state index contributed by atoms with van der Waals surface area (Å²) in [6.07, 6.45) is -0.380. The SMILES string of the molecule is COCCn1cnc(CCN(Cc2ccc(-c3ccc(C(F)(F)F)cc3)cc2)C(=O)Cn2c(SCc3cccc(F)c3F)cc(=O)c3ccccc32)c1. The molecule has 7 nitrogen and oxygen atoms in total. The molecular formula is C40H35F5N4O3S. The van der Waals surface area contributed by atoms with Crippen LogP contribution >= 0.6 is 11.8 Å². The molecule has 0 N–H and O–H groups in total. The van der Waals surface area contributed by atoms with Crippen molar-refractivity contribution in [2.45, 2.75) is 43.0 Å². The predicted octanol–water partition coefficient (Wildman–Crippen LogP) is 8.37. The highest BCUT2D eigenvalue weighted by molar-refractivity contribution is 7.98. The number of fused-ring (bicyclic) bond motifs is 1. The Bertz CT molecular complexity index is 2250. The number of ether oxygens (including phenoxy) is 1. The van der Waals surface area contributed by atoms with Crippen LogP contribution in [0.5, 0.6) is 0 Å². The summed E-state index contributed by atoms with van der Waals surface area (Å²) in [5.41, 5.74) is 2.56. The summed E-state index contributed by atoms with van der Waals surface area (Å²) in [4.78, 5) is 33.6. The summed E-state index contributed by atoms with van der Waals surface area (Å²) in [5, 5.41) is 0.831. The molecule has 0 aliphatic heterocycles. The number of alkyl halides is 3. The van der Waals surface area contributed by atoms with Gasteiger partial charge in [-0.2, -0.15) is 13.2 Å². The third kappa shape index (κ3) is 9.21. The van der Waals surface area contributed by atoms with Gasteiger partial charge in [-0.05, 0) is 47.0 Å². The van der Waals surface area contributed by atoms with Gasteiger partial charge in [0.05, 0.1) is 34.7 Å². The van der Waals surface area contributed by atoms with E-state index >= 15 is 0 Å². The average molecular weight is 747 g/mol. The Morgan fingerprint density at radius 3 is 2.36 bits per heavy atom. The Kier molecular flexibility index (Phi) is 11.7. The molecule has 4 aromatic carbocycles. The summed E-state index contributed by atoms with van der Waals surface area (Å²) in [6, 6.07) is 24.4. The number of hydrogen-bond donors (Lipinski definition) is 0. The first kappa shape index (κ1) is 37.5. The van der Waals surface area contributed by atoms with Crippen LogP contribution in [0.15, 0.2) is 119 Å². The zero-order chi connectivity index (χ0) is 37.5. The average Bonchev–Trinajstić information content (AvgIpc) is 3.62.